The second-order valence-corrected chi connectivity index (χ2v) is 11.6. The van der Waals surface area contributed by atoms with E-state index in [1.54, 1.807) is 48.4 Å². The van der Waals surface area contributed by atoms with Crippen LogP contribution in [0.4, 0.5) is 26.0 Å². The molecule has 1 aliphatic heterocycles. The third-order valence-electron chi connectivity index (χ3n) is 7.54. The number of alkyl halides is 2. The Bertz CT molecular complexity index is 1950. The summed E-state index contributed by atoms with van der Waals surface area (Å²) in [5, 5.41) is 10.5. The van der Waals surface area contributed by atoms with Crippen LogP contribution >= 0.6 is 0 Å². The number of fused-ring (bicyclic) bond motifs is 2. The summed E-state index contributed by atoms with van der Waals surface area (Å²) in [6.45, 7) is 2.41. The molecule has 5 aromatic rings. The number of carbonyl (C=O) groups is 1. The third-order valence-corrected chi connectivity index (χ3v) is 7.54. The number of anilines is 3. The SMILES string of the molecule is Cc1cc(Nc2ncnc3ccc(NC(=O)/C=C/CN(C)C)c(O[C@@H]4CCN(C)CC4(F)F)c23)ccc1Oc1cc2ncnn2cn1. The Balaban J connectivity index is 1.33. The minimum atomic E-state index is -3.13. The maximum Gasteiger partial charge on any atom is 0.296 e. The fourth-order valence-electron chi connectivity index (χ4n) is 5.22. The first kappa shape index (κ1) is 31.7. The molecule has 2 N–H and O–H groups in total. The number of rotatable bonds is 10. The summed E-state index contributed by atoms with van der Waals surface area (Å²) in [7, 11) is 5.41. The first-order chi connectivity index (χ1) is 22.6. The van der Waals surface area contributed by atoms with Crippen molar-refractivity contribution in [3.63, 3.8) is 0 Å². The summed E-state index contributed by atoms with van der Waals surface area (Å²) in [6.07, 6.45) is 6.08. The molecule has 1 atom stereocenters. The Morgan fingerprint density at radius 3 is 2.77 bits per heavy atom. The predicted molar refractivity (Wildman–Crippen MR) is 173 cm³/mol. The largest absolute Gasteiger partial charge is 0.481 e. The average molecular weight is 645 g/mol. The van der Waals surface area contributed by atoms with Gasteiger partial charge in [0.2, 0.25) is 11.8 Å². The van der Waals surface area contributed by atoms with Crippen LogP contribution in [0, 0.1) is 6.92 Å². The Hall–Kier alpha value is -5.28. The minimum absolute atomic E-state index is 0.0563. The Morgan fingerprint density at radius 2 is 1.98 bits per heavy atom. The maximum absolute atomic E-state index is 15.2. The second kappa shape index (κ2) is 13.2. The molecule has 244 valence electrons. The van der Waals surface area contributed by atoms with Crippen LogP contribution < -0.4 is 20.1 Å². The van der Waals surface area contributed by atoms with Gasteiger partial charge in [-0.1, -0.05) is 6.08 Å². The zero-order valence-electron chi connectivity index (χ0n) is 26.3. The molecule has 0 spiro atoms. The van der Waals surface area contributed by atoms with Crippen LogP contribution in [0.15, 0.2) is 67.5 Å². The van der Waals surface area contributed by atoms with E-state index in [1.165, 1.54) is 29.6 Å². The van der Waals surface area contributed by atoms with Crippen molar-refractivity contribution in [1.82, 2.24) is 39.3 Å². The van der Waals surface area contributed by atoms with Gasteiger partial charge in [0.25, 0.3) is 5.92 Å². The van der Waals surface area contributed by atoms with Gasteiger partial charge in [-0.2, -0.15) is 5.10 Å². The summed E-state index contributed by atoms with van der Waals surface area (Å²) in [5.74, 6) is -2.27. The number of hydrogen-bond donors (Lipinski definition) is 2. The molecule has 0 radical (unpaired) electrons. The summed E-state index contributed by atoms with van der Waals surface area (Å²) in [4.78, 5) is 33.6. The second-order valence-electron chi connectivity index (χ2n) is 11.6. The maximum atomic E-state index is 15.2. The molecule has 1 fully saturated rings. The van der Waals surface area contributed by atoms with Crippen LogP contribution in [-0.2, 0) is 4.79 Å². The highest BCUT2D eigenvalue weighted by molar-refractivity contribution is 6.06. The predicted octanol–water partition coefficient (Wildman–Crippen LogP) is 4.69. The smallest absolute Gasteiger partial charge is 0.296 e. The first-order valence-corrected chi connectivity index (χ1v) is 14.9. The lowest BCUT2D eigenvalue weighted by Gasteiger charge is -2.36. The van der Waals surface area contributed by atoms with Gasteiger partial charge in [0, 0.05) is 37.3 Å². The quantitative estimate of drug-likeness (QED) is 0.205. The van der Waals surface area contributed by atoms with E-state index in [4.69, 9.17) is 9.47 Å². The topological polar surface area (TPSA) is 135 Å². The lowest BCUT2D eigenvalue weighted by molar-refractivity contribution is -0.134. The van der Waals surface area contributed by atoms with E-state index in [1.807, 2.05) is 32.0 Å². The van der Waals surface area contributed by atoms with E-state index in [9.17, 15) is 4.79 Å². The highest BCUT2D eigenvalue weighted by atomic mass is 19.3. The number of hydrogen-bond acceptors (Lipinski definition) is 11. The van der Waals surface area contributed by atoms with Crippen molar-refractivity contribution >= 4 is 39.6 Å². The van der Waals surface area contributed by atoms with E-state index >= 15 is 8.78 Å². The number of ether oxygens (including phenoxy) is 2. The normalized spacial score (nSPS) is 16.6. The van der Waals surface area contributed by atoms with E-state index in [-0.39, 0.29) is 17.9 Å². The van der Waals surface area contributed by atoms with Crippen LogP contribution in [0.2, 0.25) is 0 Å². The average Bonchev–Trinajstić information content (AvgIpc) is 3.48. The van der Waals surface area contributed by atoms with Crippen LogP contribution in [0.1, 0.15) is 12.0 Å². The molecule has 0 unspecified atom stereocenters. The number of likely N-dealkylation sites (tertiary alicyclic amines) is 1. The van der Waals surface area contributed by atoms with Crippen molar-refractivity contribution in [3.05, 3.63) is 73.1 Å². The molecule has 3 aromatic heterocycles. The number of likely N-dealkylation sites (N-methyl/N-ethyl adjacent to an activating group) is 1. The number of aryl methyl sites for hydroxylation is 1. The van der Waals surface area contributed by atoms with Gasteiger partial charge in [-0.05, 0) is 64.0 Å². The number of carbonyl (C=O) groups excluding carboxylic acids is 1. The summed E-state index contributed by atoms with van der Waals surface area (Å²) >= 11 is 0. The lowest BCUT2D eigenvalue weighted by atomic mass is 10.0. The molecule has 6 rings (SSSR count). The van der Waals surface area contributed by atoms with Gasteiger partial charge in [-0.25, -0.2) is 33.2 Å². The van der Waals surface area contributed by atoms with Gasteiger partial charge in [0.15, 0.2) is 17.5 Å². The molecule has 4 heterocycles. The number of benzene rings is 2. The van der Waals surface area contributed by atoms with E-state index in [0.717, 1.165) is 5.56 Å². The molecular formula is C32H34F2N10O3. The van der Waals surface area contributed by atoms with E-state index < -0.39 is 24.5 Å². The van der Waals surface area contributed by atoms with Crippen molar-refractivity contribution in [1.29, 1.82) is 0 Å². The summed E-state index contributed by atoms with van der Waals surface area (Å²) < 4.78 is 44.2. The number of halogens is 2. The lowest BCUT2D eigenvalue weighted by Crippen LogP contribution is -2.52. The molecule has 0 aliphatic carbocycles. The zero-order chi connectivity index (χ0) is 33.1. The standard InChI is InChI=1S/C32H34F2N10O3/c1-20-14-21(7-10-24(20)46-28-15-26-36-18-39-44(26)19-38-28)40-31-29-22(35-17-37-31)8-9-23(41-27(45)6-5-12-42(2)3)30(29)47-25-11-13-43(4)16-32(25,33)34/h5-10,14-15,17-19,25H,11-13,16H2,1-4H3,(H,41,45)(H,35,37,40)/b6-5+/t25-/m1/s1. The fourth-order valence-corrected chi connectivity index (χ4v) is 5.22. The number of aromatic nitrogens is 6. The van der Waals surface area contributed by atoms with Crippen LogP contribution in [0.5, 0.6) is 17.4 Å². The molecule has 1 saturated heterocycles. The van der Waals surface area contributed by atoms with Crippen molar-refractivity contribution in [2.45, 2.75) is 25.4 Å². The van der Waals surface area contributed by atoms with E-state index in [0.29, 0.717) is 52.8 Å². The number of nitrogens with zero attached hydrogens (tertiary/aromatic N) is 8. The van der Waals surface area contributed by atoms with Crippen molar-refractivity contribution < 1.29 is 23.0 Å². The van der Waals surface area contributed by atoms with Gasteiger partial charge in [0.05, 0.1) is 23.1 Å². The Morgan fingerprint density at radius 1 is 1.13 bits per heavy atom. The minimum Gasteiger partial charge on any atom is -0.481 e. The number of nitrogens with one attached hydrogen (secondary N) is 2. The molecule has 1 aliphatic rings. The molecule has 13 nitrogen and oxygen atoms in total. The fraction of sp³-hybridized carbons (Fsp3) is 0.312. The van der Waals surface area contributed by atoms with Crippen LogP contribution in [-0.4, -0.2) is 98.1 Å². The molecule has 15 heteroatoms. The monoisotopic (exact) mass is 644 g/mol. The van der Waals surface area contributed by atoms with Crippen LogP contribution in [0.3, 0.4) is 0 Å². The van der Waals surface area contributed by atoms with E-state index in [2.05, 4.69) is 35.7 Å². The van der Waals surface area contributed by atoms with Crippen molar-refractivity contribution in [2.24, 2.45) is 0 Å². The molecule has 2 aromatic carbocycles. The molecule has 47 heavy (non-hydrogen) atoms. The highest BCUT2D eigenvalue weighted by Crippen LogP contribution is 2.41. The van der Waals surface area contributed by atoms with Gasteiger partial charge in [-0.15, -0.1) is 0 Å². The molecule has 1 amide bonds. The molecular weight excluding hydrogens is 610 g/mol. The molecule has 0 bridgehead atoms. The summed E-state index contributed by atoms with van der Waals surface area (Å²) in [6, 6.07) is 10.4. The number of piperidine rings is 1. The van der Waals surface area contributed by atoms with Crippen molar-refractivity contribution in [3.8, 4) is 17.4 Å². The molecule has 0 saturated carbocycles. The number of amides is 1. The van der Waals surface area contributed by atoms with Gasteiger partial charge in [-0.3, -0.25) is 4.79 Å². The zero-order valence-corrected chi connectivity index (χ0v) is 26.3. The Labute approximate surface area is 269 Å². The van der Waals surface area contributed by atoms with Gasteiger partial charge in [0.1, 0.15) is 30.5 Å². The van der Waals surface area contributed by atoms with Gasteiger partial charge >= 0.3 is 0 Å². The summed E-state index contributed by atoms with van der Waals surface area (Å²) in [5.41, 5.74) is 2.70. The van der Waals surface area contributed by atoms with Crippen LogP contribution in [0.25, 0.3) is 16.6 Å². The Kier molecular flexibility index (Phi) is 8.91. The highest BCUT2D eigenvalue weighted by Gasteiger charge is 2.46. The third kappa shape index (κ3) is 7.26. The first-order valence-electron chi connectivity index (χ1n) is 14.9. The van der Waals surface area contributed by atoms with Crippen molar-refractivity contribution in [2.75, 3.05) is 51.4 Å². The van der Waals surface area contributed by atoms with Gasteiger partial charge < -0.3 is 29.9 Å².